The maximum Gasteiger partial charge on any atom is 0.0625 e. The zero-order valence-electron chi connectivity index (χ0n) is 13.3. The lowest BCUT2D eigenvalue weighted by Crippen LogP contribution is -2.36. The van der Waals surface area contributed by atoms with Crippen LogP contribution in [0.5, 0.6) is 0 Å². The van der Waals surface area contributed by atoms with Gasteiger partial charge >= 0.3 is 0 Å². The summed E-state index contributed by atoms with van der Waals surface area (Å²) in [5.74, 6) is 0. The molecule has 0 radical (unpaired) electrons. The summed E-state index contributed by atoms with van der Waals surface area (Å²) < 4.78 is 11.7. The van der Waals surface area contributed by atoms with Gasteiger partial charge in [-0.1, -0.05) is 26.2 Å². The molecule has 0 aromatic carbocycles. The predicted octanol–water partition coefficient (Wildman–Crippen LogP) is 3.52. The van der Waals surface area contributed by atoms with Gasteiger partial charge in [0.1, 0.15) is 0 Å². The zero-order valence-corrected chi connectivity index (χ0v) is 13.3. The Bertz CT molecular complexity index is 213. The number of rotatable bonds is 9. The fourth-order valence-electron chi connectivity index (χ4n) is 2.81. The van der Waals surface area contributed by atoms with Gasteiger partial charge in [-0.25, -0.2) is 0 Å². The van der Waals surface area contributed by atoms with Crippen molar-refractivity contribution in [1.82, 2.24) is 5.32 Å². The molecule has 1 aliphatic heterocycles. The smallest absolute Gasteiger partial charge is 0.0625 e. The van der Waals surface area contributed by atoms with E-state index in [9.17, 15) is 0 Å². The maximum absolute atomic E-state index is 5.96. The Kier molecular flexibility index (Phi) is 8.67. The van der Waals surface area contributed by atoms with E-state index in [-0.39, 0.29) is 0 Å². The Labute approximate surface area is 119 Å². The van der Waals surface area contributed by atoms with Gasteiger partial charge in [-0.2, -0.15) is 0 Å². The number of unbranched alkanes of at least 4 members (excludes halogenated alkanes) is 2. The molecule has 19 heavy (non-hydrogen) atoms. The minimum atomic E-state index is 0.342. The number of nitrogens with one attached hydrogen (secondary N) is 1. The fraction of sp³-hybridized carbons (Fsp3) is 1.00. The molecule has 0 aromatic rings. The monoisotopic (exact) mass is 271 g/mol. The second kappa shape index (κ2) is 9.73. The van der Waals surface area contributed by atoms with Gasteiger partial charge in [0.25, 0.3) is 0 Å². The van der Waals surface area contributed by atoms with Crippen molar-refractivity contribution in [3.63, 3.8) is 0 Å². The van der Waals surface area contributed by atoms with Crippen molar-refractivity contribution >= 4 is 0 Å². The average molecular weight is 271 g/mol. The lowest BCUT2D eigenvalue weighted by Gasteiger charge is -2.32. The third kappa shape index (κ3) is 7.91. The van der Waals surface area contributed by atoms with Crippen molar-refractivity contribution in [2.75, 3.05) is 13.2 Å². The molecule has 1 rings (SSSR count). The number of ether oxygens (including phenoxy) is 2. The van der Waals surface area contributed by atoms with Crippen LogP contribution in [0.25, 0.3) is 0 Å². The Morgan fingerprint density at radius 1 is 1.21 bits per heavy atom. The third-order valence-electron chi connectivity index (χ3n) is 3.84. The molecule has 114 valence electrons. The van der Waals surface area contributed by atoms with Gasteiger partial charge in [0, 0.05) is 12.6 Å². The second-order valence-electron chi connectivity index (χ2n) is 6.07. The molecule has 1 saturated heterocycles. The van der Waals surface area contributed by atoms with E-state index in [0.717, 1.165) is 26.0 Å². The topological polar surface area (TPSA) is 30.5 Å². The van der Waals surface area contributed by atoms with Crippen LogP contribution in [0.3, 0.4) is 0 Å². The average Bonchev–Trinajstić information content (AvgIpc) is 2.34. The van der Waals surface area contributed by atoms with Crippen LogP contribution >= 0.6 is 0 Å². The molecule has 1 fully saturated rings. The summed E-state index contributed by atoms with van der Waals surface area (Å²) in [4.78, 5) is 0. The molecule has 0 spiro atoms. The first-order valence-corrected chi connectivity index (χ1v) is 8.12. The van der Waals surface area contributed by atoms with Crippen molar-refractivity contribution in [2.45, 2.75) is 90.6 Å². The van der Waals surface area contributed by atoms with Crippen molar-refractivity contribution in [3.8, 4) is 0 Å². The highest BCUT2D eigenvalue weighted by Crippen LogP contribution is 2.21. The molecule has 1 aliphatic rings. The molecular weight excluding hydrogens is 238 g/mol. The predicted molar refractivity (Wildman–Crippen MR) is 80.6 cm³/mol. The Hall–Kier alpha value is -0.120. The lowest BCUT2D eigenvalue weighted by atomic mass is 10.0. The van der Waals surface area contributed by atoms with Gasteiger partial charge in [0.05, 0.1) is 24.9 Å². The fourth-order valence-corrected chi connectivity index (χ4v) is 2.81. The van der Waals surface area contributed by atoms with E-state index < -0.39 is 0 Å². The first-order chi connectivity index (χ1) is 9.11. The van der Waals surface area contributed by atoms with E-state index in [1.54, 1.807) is 0 Å². The first-order valence-electron chi connectivity index (χ1n) is 8.12. The Morgan fingerprint density at radius 2 is 1.89 bits per heavy atom. The Morgan fingerprint density at radius 3 is 2.53 bits per heavy atom. The van der Waals surface area contributed by atoms with Crippen LogP contribution in [0, 0.1) is 0 Å². The SMILES string of the molecule is CCCCCC(C)NCCOC1CC(C)OC(C)C1. The maximum atomic E-state index is 5.96. The highest BCUT2D eigenvalue weighted by Gasteiger charge is 2.24. The summed E-state index contributed by atoms with van der Waals surface area (Å²) in [5, 5.41) is 3.55. The Balaban J connectivity index is 2.00. The van der Waals surface area contributed by atoms with Crippen molar-refractivity contribution in [3.05, 3.63) is 0 Å². The minimum absolute atomic E-state index is 0.342. The van der Waals surface area contributed by atoms with E-state index in [4.69, 9.17) is 9.47 Å². The van der Waals surface area contributed by atoms with Gasteiger partial charge in [0.15, 0.2) is 0 Å². The lowest BCUT2D eigenvalue weighted by molar-refractivity contribution is -0.101. The molecule has 0 bridgehead atoms. The van der Waals surface area contributed by atoms with Crippen molar-refractivity contribution in [1.29, 1.82) is 0 Å². The van der Waals surface area contributed by atoms with Crippen LogP contribution in [0.4, 0.5) is 0 Å². The van der Waals surface area contributed by atoms with E-state index in [1.165, 1.54) is 25.7 Å². The van der Waals surface area contributed by atoms with Gasteiger partial charge in [-0.3, -0.25) is 0 Å². The van der Waals surface area contributed by atoms with Gasteiger partial charge < -0.3 is 14.8 Å². The van der Waals surface area contributed by atoms with Crippen molar-refractivity contribution < 1.29 is 9.47 Å². The van der Waals surface area contributed by atoms with Crippen LogP contribution in [0.15, 0.2) is 0 Å². The van der Waals surface area contributed by atoms with Crippen LogP contribution in [0.1, 0.15) is 66.2 Å². The number of hydrogen-bond acceptors (Lipinski definition) is 3. The molecule has 1 heterocycles. The molecule has 3 atom stereocenters. The molecule has 0 aliphatic carbocycles. The van der Waals surface area contributed by atoms with Crippen molar-refractivity contribution in [2.24, 2.45) is 0 Å². The van der Waals surface area contributed by atoms with E-state index in [1.807, 2.05) is 0 Å². The molecule has 3 heteroatoms. The molecule has 0 saturated carbocycles. The third-order valence-corrected chi connectivity index (χ3v) is 3.84. The normalized spacial score (nSPS) is 29.4. The summed E-state index contributed by atoms with van der Waals surface area (Å²) in [7, 11) is 0. The van der Waals surface area contributed by atoms with Crippen LogP contribution in [0.2, 0.25) is 0 Å². The van der Waals surface area contributed by atoms with Gasteiger partial charge in [0.2, 0.25) is 0 Å². The van der Waals surface area contributed by atoms with E-state index >= 15 is 0 Å². The van der Waals surface area contributed by atoms with E-state index in [0.29, 0.717) is 24.4 Å². The quantitative estimate of drug-likeness (QED) is 0.651. The summed E-state index contributed by atoms with van der Waals surface area (Å²) in [6.45, 7) is 10.6. The largest absolute Gasteiger partial charge is 0.377 e. The molecular formula is C16H33NO2. The summed E-state index contributed by atoms with van der Waals surface area (Å²) in [5.41, 5.74) is 0. The molecule has 0 aromatic heterocycles. The number of hydrogen-bond donors (Lipinski definition) is 1. The van der Waals surface area contributed by atoms with Gasteiger partial charge in [-0.05, 0) is 40.0 Å². The molecule has 1 N–H and O–H groups in total. The summed E-state index contributed by atoms with van der Waals surface area (Å²) in [6, 6.07) is 0.614. The summed E-state index contributed by atoms with van der Waals surface area (Å²) >= 11 is 0. The van der Waals surface area contributed by atoms with Crippen LogP contribution in [-0.2, 0) is 9.47 Å². The van der Waals surface area contributed by atoms with Crippen LogP contribution in [-0.4, -0.2) is 37.5 Å². The summed E-state index contributed by atoms with van der Waals surface area (Å²) in [6.07, 6.45) is 8.41. The molecule has 3 nitrogen and oxygen atoms in total. The van der Waals surface area contributed by atoms with Gasteiger partial charge in [-0.15, -0.1) is 0 Å². The minimum Gasteiger partial charge on any atom is -0.377 e. The standard InChI is InChI=1S/C16H33NO2/c1-5-6-7-8-13(2)17-9-10-18-16-11-14(3)19-15(4)12-16/h13-17H,5-12H2,1-4H3. The molecule has 3 unspecified atom stereocenters. The first kappa shape index (κ1) is 16.9. The zero-order chi connectivity index (χ0) is 14.1. The highest BCUT2D eigenvalue weighted by molar-refractivity contribution is 4.73. The molecule has 0 amide bonds. The van der Waals surface area contributed by atoms with E-state index in [2.05, 4.69) is 33.0 Å². The highest BCUT2D eigenvalue weighted by atomic mass is 16.5. The second-order valence-corrected chi connectivity index (χ2v) is 6.07. The van der Waals surface area contributed by atoms with Crippen LogP contribution < -0.4 is 5.32 Å².